The van der Waals surface area contributed by atoms with E-state index in [1.54, 1.807) is 11.3 Å². The molecule has 0 bridgehead atoms. The summed E-state index contributed by atoms with van der Waals surface area (Å²) in [5.41, 5.74) is 10.5. The highest BCUT2D eigenvalue weighted by Crippen LogP contribution is 2.15. The second-order valence-electron chi connectivity index (χ2n) is 6.64. The molecule has 0 spiro atoms. The Morgan fingerprint density at radius 2 is 1.86 bits per heavy atom. The van der Waals surface area contributed by atoms with Gasteiger partial charge in [0, 0.05) is 18.0 Å². The highest BCUT2D eigenvalue weighted by molar-refractivity contribution is 7.09. The van der Waals surface area contributed by atoms with Gasteiger partial charge in [-0.2, -0.15) is 0 Å². The third-order valence-electron chi connectivity index (χ3n) is 4.59. The fourth-order valence-corrected chi connectivity index (χ4v) is 3.79. The summed E-state index contributed by atoms with van der Waals surface area (Å²) in [6, 6.07) is 20.9. The second-order valence-corrected chi connectivity index (χ2v) is 7.67. The van der Waals surface area contributed by atoms with Crippen molar-refractivity contribution in [3.05, 3.63) is 88.4 Å². The van der Waals surface area contributed by atoms with E-state index in [4.69, 9.17) is 5.73 Å². The maximum Gasteiger partial charge on any atom is 0.188 e. The number of fused-ring (bicyclic) bond motifs is 1. The van der Waals surface area contributed by atoms with Crippen LogP contribution in [0.2, 0.25) is 0 Å². The van der Waals surface area contributed by atoms with E-state index >= 15 is 0 Å². The molecule has 0 saturated heterocycles. The Bertz CT molecular complexity index is 1050. The first-order valence-electron chi connectivity index (χ1n) is 9.32. The number of hydrogen-bond acceptors (Lipinski definition) is 3. The van der Waals surface area contributed by atoms with Gasteiger partial charge in [0.15, 0.2) is 5.96 Å². The summed E-state index contributed by atoms with van der Waals surface area (Å²) in [7, 11) is 0. The van der Waals surface area contributed by atoms with Gasteiger partial charge >= 0.3 is 0 Å². The molecule has 0 aliphatic rings. The van der Waals surface area contributed by atoms with E-state index in [1.165, 1.54) is 10.4 Å². The molecular weight excluding hydrogens is 366 g/mol. The third-order valence-corrected chi connectivity index (χ3v) is 5.53. The highest BCUT2D eigenvalue weighted by atomic mass is 32.1. The minimum Gasteiger partial charge on any atom is -0.370 e. The summed E-state index contributed by atoms with van der Waals surface area (Å²) in [6.45, 7) is 2.18. The third kappa shape index (κ3) is 4.58. The summed E-state index contributed by atoms with van der Waals surface area (Å²) >= 11 is 1.76. The van der Waals surface area contributed by atoms with Crippen molar-refractivity contribution in [3.63, 3.8) is 0 Å². The number of nitrogens with two attached hydrogens (primary N) is 1. The van der Waals surface area contributed by atoms with Crippen molar-refractivity contribution >= 4 is 28.3 Å². The number of hydrogen-bond donors (Lipinski definition) is 2. The predicted octanol–water partition coefficient (Wildman–Crippen LogP) is 3.79. The van der Waals surface area contributed by atoms with Crippen LogP contribution in [0.15, 0.2) is 77.4 Å². The van der Waals surface area contributed by atoms with Gasteiger partial charge in [-0.15, -0.1) is 11.3 Å². The van der Waals surface area contributed by atoms with Crippen molar-refractivity contribution in [3.8, 4) is 0 Å². The lowest BCUT2D eigenvalue weighted by Gasteiger charge is -2.07. The molecule has 4 rings (SSSR count). The van der Waals surface area contributed by atoms with Gasteiger partial charge in [-0.1, -0.05) is 42.5 Å². The zero-order valence-corrected chi connectivity index (χ0v) is 16.4. The van der Waals surface area contributed by atoms with Crippen LogP contribution in [0.4, 0.5) is 0 Å². The molecule has 2 heterocycles. The number of para-hydroxylation sites is 2. The number of aliphatic imine (C=N–C) groups is 1. The number of aromatic nitrogens is 2. The Hall–Kier alpha value is -3.12. The zero-order chi connectivity index (χ0) is 19.2. The first-order chi connectivity index (χ1) is 13.8. The molecule has 2 aromatic carbocycles. The maximum atomic E-state index is 5.97. The van der Waals surface area contributed by atoms with E-state index in [-0.39, 0.29) is 0 Å². The average Bonchev–Trinajstić information content (AvgIpc) is 3.38. The van der Waals surface area contributed by atoms with Crippen LogP contribution in [0.5, 0.6) is 0 Å². The van der Waals surface area contributed by atoms with Crippen LogP contribution in [0.25, 0.3) is 11.0 Å². The lowest BCUT2D eigenvalue weighted by atomic mass is 10.1. The van der Waals surface area contributed by atoms with Crippen LogP contribution >= 0.6 is 11.3 Å². The van der Waals surface area contributed by atoms with E-state index in [0.29, 0.717) is 12.5 Å². The van der Waals surface area contributed by atoms with Crippen molar-refractivity contribution < 1.29 is 0 Å². The maximum absolute atomic E-state index is 5.97. The van der Waals surface area contributed by atoms with Gasteiger partial charge < -0.3 is 15.6 Å². The molecule has 0 saturated carbocycles. The number of guanidine groups is 1. The molecule has 0 unspecified atom stereocenters. The highest BCUT2D eigenvalue weighted by Gasteiger charge is 2.03. The molecule has 5 nitrogen and oxygen atoms in total. The molecule has 0 aliphatic carbocycles. The zero-order valence-electron chi connectivity index (χ0n) is 15.6. The minimum atomic E-state index is 0.491. The van der Waals surface area contributed by atoms with Crippen molar-refractivity contribution in [2.75, 3.05) is 6.54 Å². The quantitative estimate of drug-likeness (QED) is 0.373. The Kier molecular flexibility index (Phi) is 5.68. The fourth-order valence-electron chi connectivity index (χ4n) is 3.08. The van der Waals surface area contributed by atoms with Gasteiger partial charge in [0.25, 0.3) is 0 Å². The minimum absolute atomic E-state index is 0.491. The van der Waals surface area contributed by atoms with Crippen LogP contribution < -0.4 is 11.1 Å². The molecule has 142 valence electrons. The molecular formula is C22H23N5S. The molecule has 6 heteroatoms. The molecule has 0 aliphatic heterocycles. The molecule has 0 fully saturated rings. The lowest BCUT2D eigenvalue weighted by Crippen LogP contribution is -2.33. The van der Waals surface area contributed by atoms with Crippen LogP contribution in [-0.2, 0) is 19.5 Å². The molecule has 0 atom stereocenters. The first-order valence-corrected chi connectivity index (χ1v) is 10.2. The normalized spacial score (nSPS) is 11.8. The number of nitrogens with zero attached hydrogens (tertiary/aromatic N) is 3. The summed E-state index contributed by atoms with van der Waals surface area (Å²) < 4.78 is 2.16. The Morgan fingerprint density at radius 1 is 1.04 bits per heavy atom. The SMILES string of the molecule is NC(=NCc1ccc(Cn2cnc3ccccc32)cc1)NCCc1cccs1. The Morgan fingerprint density at radius 3 is 2.68 bits per heavy atom. The monoisotopic (exact) mass is 389 g/mol. The van der Waals surface area contributed by atoms with E-state index < -0.39 is 0 Å². The smallest absolute Gasteiger partial charge is 0.188 e. The largest absolute Gasteiger partial charge is 0.370 e. The van der Waals surface area contributed by atoms with E-state index in [2.05, 4.69) is 67.7 Å². The number of imidazole rings is 1. The fraction of sp³-hybridized carbons (Fsp3) is 0.182. The standard InChI is InChI=1S/C22H23N5S/c23-22(24-12-11-19-4-3-13-28-19)25-14-17-7-9-18(10-8-17)15-27-16-26-20-5-1-2-6-21(20)27/h1-10,13,16H,11-12,14-15H2,(H3,23,24,25). The first kappa shape index (κ1) is 18.3. The van der Waals surface area contributed by atoms with Crippen LogP contribution in [-0.4, -0.2) is 22.1 Å². The molecule has 0 radical (unpaired) electrons. The molecule has 2 aromatic heterocycles. The van der Waals surface area contributed by atoms with Gasteiger partial charge in [0.1, 0.15) is 0 Å². The predicted molar refractivity (Wildman–Crippen MR) is 117 cm³/mol. The van der Waals surface area contributed by atoms with Gasteiger partial charge in [0.05, 0.1) is 23.9 Å². The average molecular weight is 390 g/mol. The van der Waals surface area contributed by atoms with Crippen LogP contribution in [0.3, 0.4) is 0 Å². The summed E-state index contributed by atoms with van der Waals surface area (Å²) in [5.74, 6) is 0.491. The van der Waals surface area contributed by atoms with Crippen molar-refractivity contribution in [1.82, 2.24) is 14.9 Å². The van der Waals surface area contributed by atoms with E-state index in [0.717, 1.165) is 36.1 Å². The summed E-state index contributed by atoms with van der Waals surface area (Å²) in [5, 5.41) is 5.26. The number of thiophene rings is 1. The van der Waals surface area contributed by atoms with Gasteiger partial charge in [-0.3, -0.25) is 0 Å². The molecule has 4 aromatic rings. The van der Waals surface area contributed by atoms with Crippen molar-refractivity contribution in [1.29, 1.82) is 0 Å². The van der Waals surface area contributed by atoms with Crippen molar-refractivity contribution in [2.24, 2.45) is 10.7 Å². The Balaban J connectivity index is 1.30. The number of nitrogens with one attached hydrogen (secondary N) is 1. The van der Waals surface area contributed by atoms with Gasteiger partial charge in [0.2, 0.25) is 0 Å². The summed E-state index contributed by atoms with van der Waals surface area (Å²) in [6.07, 6.45) is 2.86. The number of benzene rings is 2. The topological polar surface area (TPSA) is 68.2 Å². The number of rotatable bonds is 7. The van der Waals surface area contributed by atoms with Crippen LogP contribution in [0.1, 0.15) is 16.0 Å². The van der Waals surface area contributed by atoms with Gasteiger partial charge in [-0.25, -0.2) is 9.98 Å². The Labute approximate surface area is 168 Å². The van der Waals surface area contributed by atoms with Crippen LogP contribution in [0, 0.1) is 0 Å². The van der Waals surface area contributed by atoms with E-state index in [9.17, 15) is 0 Å². The lowest BCUT2D eigenvalue weighted by molar-refractivity contribution is 0.823. The second kappa shape index (κ2) is 8.71. The molecule has 3 N–H and O–H groups in total. The molecule has 28 heavy (non-hydrogen) atoms. The van der Waals surface area contributed by atoms with Crippen molar-refractivity contribution in [2.45, 2.75) is 19.5 Å². The van der Waals surface area contributed by atoms with E-state index in [1.807, 2.05) is 24.5 Å². The van der Waals surface area contributed by atoms with Gasteiger partial charge in [-0.05, 0) is 41.1 Å². The molecule has 0 amide bonds. The summed E-state index contributed by atoms with van der Waals surface area (Å²) in [4.78, 5) is 10.2.